The number of H-pyrrole nitrogens is 1. The van der Waals surface area contributed by atoms with Gasteiger partial charge < -0.3 is 19.9 Å². The highest BCUT2D eigenvalue weighted by Gasteiger charge is 2.41. The van der Waals surface area contributed by atoms with Crippen LogP contribution < -0.4 is 5.32 Å². The first-order valence-corrected chi connectivity index (χ1v) is 10.9. The lowest BCUT2D eigenvalue weighted by Gasteiger charge is -2.32. The Labute approximate surface area is 189 Å². The molecule has 2 amide bonds. The van der Waals surface area contributed by atoms with Crippen LogP contribution in [-0.2, 0) is 20.7 Å². The second kappa shape index (κ2) is 7.98. The molecule has 2 N–H and O–H groups in total. The van der Waals surface area contributed by atoms with E-state index < -0.39 is 6.10 Å². The number of hydrogen-bond donors (Lipinski definition) is 2. The van der Waals surface area contributed by atoms with Crippen molar-refractivity contribution in [3.63, 3.8) is 0 Å². The van der Waals surface area contributed by atoms with Gasteiger partial charge in [-0.05, 0) is 41.8 Å². The summed E-state index contributed by atoms with van der Waals surface area (Å²) in [6.45, 7) is 0. The maximum Gasteiger partial charge on any atom is 0.306 e. The molecule has 2 aliphatic rings. The number of amides is 2. The second-order valence-corrected chi connectivity index (χ2v) is 8.75. The van der Waals surface area contributed by atoms with Crippen molar-refractivity contribution in [1.82, 2.24) is 15.2 Å². The zero-order chi connectivity index (χ0) is 22.4. The lowest BCUT2D eigenvalue weighted by Crippen LogP contribution is -2.47. The number of aromatic nitrogens is 1. The van der Waals surface area contributed by atoms with E-state index in [0.717, 1.165) is 22.0 Å². The molecular formula is C24H22ClN3O4. The quantitative estimate of drug-likeness (QED) is 0.595. The van der Waals surface area contributed by atoms with Crippen LogP contribution in [0.4, 0.5) is 0 Å². The minimum absolute atomic E-state index is 0.246. The van der Waals surface area contributed by atoms with Crippen LogP contribution in [0.3, 0.4) is 0 Å². The predicted octanol–water partition coefficient (Wildman–Crippen LogP) is 3.38. The molecule has 2 aromatic carbocycles. The molecule has 8 heteroatoms. The molecule has 3 atom stereocenters. The van der Waals surface area contributed by atoms with Crippen LogP contribution in [-0.4, -0.2) is 46.9 Å². The van der Waals surface area contributed by atoms with Crippen LogP contribution in [0.25, 0.3) is 10.9 Å². The van der Waals surface area contributed by atoms with Crippen LogP contribution in [0.5, 0.6) is 0 Å². The first-order chi connectivity index (χ1) is 15.4. The van der Waals surface area contributed by atoms with Gasteiger partial charge in [0.1, 0.15) is 5.69 Å². The van der Waals surface area contributed by atoms with Crippen molar-refractivity contribution in [2.75, 3.05) is 7.05 Å². The maximum absolute atomic E-state index is 13.1. The summed E-state index contributed by atoms with van der Waals surface area (Å²) in [4.78, 5) is 42.4. The van der Waals surface area contributed by atoms with Crippen molar-refractivity contribution in [2.45, 2.75) is 37.5 Å². The van der Waals surface area contributed by atoms with E-state index in [-0.39, 0.29) is 36.3 Å². The molecule has 1 aliphatic carbocycles. The Morgan fingerprint density at radius 2 is 2.00 bits per heavy atom. The first kappa shape index (κ1) is 20.6. The predicted molar refractivity (Wildman–Crippen MR) is 119 cm³/mol. The number of aromatic amines is 1. The van der Waals surface area contributed by atoms with Gasteiger partial charge in [-0.15, -0.1) is 0 Å². The van der Waals surface area contributed by atoms with Crippen molar-refractivity contribution in [2.24, 2.45) is 0 Å². The first-order valence-electron chi connectivity index (χ1n) is 10.5. The molecule has 1 aromatic heterocycles. The number of carbonyl (C=O) groups is 3. The van der Waals surface area contributed by atoms with Crippen LogP contribution in [0.15, 0.2) is 48.5 Å². The Morgan fingerprint density at radius 1 is 1.19 bits per heavy atom. The molecular weight excluding hydrogens is 430 g/mol. The number of carbonyl (C=O) groups excluding carboxylic acids is 3. The van der Waals surface area contributed by atoms with E-state index in [2.05, 4.69) is 10.3 Å². The van der Waals surface area contributed by atoms with Crippen molar-refractivity contribution < 1.29 is 19.1 Å². The van der Waals surface area contributed by atoms with Crippen LogP contribution in [0, 0.1) is 0 Å². The summed E-state index contributed by atoms with van der Waals surface area (Å²) in [5.74, 6) is -0.863. The molecule has 32 heavy (non-hydrogen) atoms. The number of esters is 1. The van der Waals surface area contributed by atoms with Crippen molar-refractivity contribution in [1.29, 1.82) is 0 Å². The van der Waals surface area contributed by atoms with E-state index in [9.17, 15) is 14.4 Å². The fraction of sp³-hybridized carbons (Fsp3) is 0.292. The van der Waals surface area contributed by atoms with E-state index in [1.165, 1.54) is 0 Å². The number of fused-ring (bicyclic) bond motifs is 2. The molecule has 0 saturated carbocycles. The standard InChI is InChI=1S/C24H22ClN3O4/c1-28(24(31)20-8-9-21(29)32-20)22-16-5-3-2-4-13(16)11-18(22)27-23(30)19-12-14-10-15(25)6-7-17(14)26-19/h2-7,10,12,18,20,22,26H,8-9,11H2,1H3,(H,27,30)/t18-,20+,22+/m1/s1. The summed E-state index contributed by atoms with van der Waals surface area (Å²) < 4.78 is 5.19. The van der Waals surface area contributed by atoms with Gasteiger partial charge in [-0.2, -0.15) is 0 Å². The molecule has 2 heterocycles. The molecule has 3 aromatic rings. The van der Waals surface area contributed by atoms with Crippen LogP contribution in [0.2, 0.25) is 5.02 Å². The minimum Gasteiger partial charge on any atom is -0.452 e. The number of nitrogens with one attached hydrogen (secondary N) is 2. The molecule has 1 fully saturated rings. The summed E-state index contributed by atoms with van der Waals surface area (Å²) in [7, 11) is 1.70. The Bertz CT molecular complexity index is 1240. The Balaban J connectivity index is 1.40. The highest BCUT2D eigenvalue weighted by molar-refractivity contribution is 6.31. The average molecular weight is 452 g/mol. The van der Waals surface area contributed by atoms with Gasteiger partial charge in [0, 0.05) is 35.8 Å². The third-order valence-corrected chi connectivity index (χ3v) is 6.50. The van der Waals surface area contributed by atoms with Crippen molar-refractivity contribution >= 4 is 40.3 Å². The Morgan fingerprint density at radius 3 is 2.78 bits per heavy atom. The van der Waals surface area contributed by atoms with E-state index in [0.29, 0.717) is 23.6 Å². The molecule has 0 unspecified atom stereocenters. The van der Waals surface area contributed by atoms with Crippen LogP contribution in [0.1, 0.15) is 40.5 Å². The topological polar surface area (TPSA) is 91.5 Å². The minimum atomic E-state index is -0.768. The molecule has 7 nitrogen and oxygen atoms in total. The SMILES string of the molecule is CN(C(=O)[C@@H]1CCC(=O)O1)[C@H]1c2ccccc2C[C@H]1NC(=O)c1cc2cc(Cl)ccc2[nH]1. The largest absolute Gasteiger partial charge is 0.452 e. The third kappa shape index (κ3) is 3.62. The fourth-order valence-electron chi connectivity index (χ4n) is 4.72. The number of hydrogen-bond acceptors (Lipinski definition) is 4. The van der Waals surface area contributed by atoms with Gasteiger partial charge >= 0.3 is 5.97 Å². The van der Waals surface area contributed by atoms with E-state index in [4.69, 9.17) is 16.3 Å². The zero-order valence-electron chi connectivity index (χ0n) is 17.4. The summed E-state index contributed by atoms with van der Waals surface area (Å²) >= 11 is 6.06. The van der Waals surface area contributed by atoms with Gasteiger partial charge in [0.05, 0.1) is 12.1 Å². The number of nitrogens with zero attached hydrogens (tertiary/aromatic N) is 1. The highest BCUT2D eigenvalue weighted by atomic mass is 35.5. The maximum atomic E-state index is 13.1. The highest BCUT2D eigenvalue weighted by Crippen LogP contribution is 2.36. The number of ether oxygens (including phenoxy) is 1. The van der Waals surface area contributed by atoms with E-state index in [1.54, 1.807) is 30.1 Å². The number of rotatable bonds is 4. The van der Waals surface area contributed by atoms with Gasteiger partial charge in [-0.25, -0.2) is 0 Å². The normalized spacial score (nSPS) is 21.9. The lowest BCUT2D eigenvalue weighted by atomic mass is 10.0. The summed E-state index contributed by atoms with van der Waals surface area (Å²) in [6, 6.07) is 14.3. The molecule has 1 saturated heterocycles. The van der Waals surface area contributed by atoms with Crippen molar-refractivity contribution in [3.05, 3.63) is 70.4 Å². The summed E-state index contributed by atoms with van der Waals surface area (Å²) in [6.07, 6.45) is 0.456. The molecule has 1 aliphatic heterocycles. The van der Waals surface area contributed by atoms with Crippen molar-refractivity contribution in [3.8, 4) is 0 Å². The molecule has 0 bridgehead atoms. The summed E-state index contributed by atoms with van der Waals surface area (Å²) in [5.41, 5.74) is 3.31. The lowest BCUT2D eigenvalue weighted by molar-refractivity contribution is -0.153. The van der Waals surface area contributed by atoms with Gasteiger partial charge in [0.2, 0.25) is 0 Å². The monoisotopic (exact) mass is 451 g/mol. The Kier molecular flexibility index (Phi) is 5.13. The van der Waals surface area contributed by atoms with E-state index >= 15 is 0 Å². The molecule has 0 radical (unpaired) electrons. The molecule has 164 valence electrons. The fourth-order valence-corrected chi connectivity index (χ4v) is 4.90. The van der Waals surface area contributed by atoms with E-state index in [1.807, 2.05) is 30.3 Å². The number of cyclic esters (lactones) is 1. The zero-order valence-corrected chi connectivity index (χ0v) is 18.2. The van der Waals surface area contributed by atoms with Gasteiger partial charge in [0.25, 0.3) is 11.8 Å². The number of likely N-dealkylation sites (N-methyl/N-ethyl adjacent to an activating group) is 1. The van der Waals surface area contributed by atoms with Gasteiger partial charge in [0.15, 0.2) is 6.10 Å². The second-order valence-electron chi connectivity index (χ2n) is 8.31. The smallest absolute Gasteiger partial charge is 0.306 e. The number of benzene rings is 2. The molecule has 0 spiro atoms. The van der Waals surface area contributed by atoms with Gasteiger partial charge in [-0.1, -0.05) is 35.9 Å². The third-order valence-electron chi connectivity index (χ3n) is 6.26. The molecule has 5 rings (SSSR count). The van der Waals surface area contributed by atoms with Gasteiger partial charge in [-0.3, -0.25) is 14.4 Å². The van der Waals surface area contributed by atoms with Crippen LogP contribution >= 0.6 is 11.6 Å². The summed E-state index contributed by atoms with van der Waals surface area (Å²) in [5, 5.41) is 4.55. The average Bonchev–Trinajstić information content (AvgIpc) is 3.48. The Hall–Kier alpha value is -3.32. The number of halogens is 1.